The highest BCUT2D eigenvalue weighted by molar-refractivity contribution is 5.72. The van der Waals surface area contributed by atoms with Crippen molar-refractivity contribution in [1.29, 1.82) is 0 Å². The summed E-state index contributed by atoms with van der Waals surface area (Å²) in [6.07, 6.45) is 0.00327. The molecule has 0 aliphatic carbocycles. The normalized spacial score (nSPS) is 18.8. The number of rotatable bonds is 0. The van der Waals surface area contributed by atoms with E-state index >= 15 is 0 Å². The van der Waals surface area contributed by atoms with Crippen LogP contribution in [0.2, 0.25) is 0 Å². The molecule has 7 nitrogen and oxygen atoms in total. The van der Waals surface area contributed by atoms with Gasteiger partial charge < -0.3 is 4.74 Å². The zero-order chi connectivity index (χ0) is 11.4. The summed E-state index contributed by atoms with van der Waals surface area (Å²) >= 11 is 0. The second-order valence-electron chi connectivity index (χ2n) is 3.92. The highest BCUT2D eigenvalue weighted by Crippen LogP contribution is 2.24. The maximum atomic E-state index is 11.7. The van der Waals surface area contributed by atoms with Crippen LogP contribution in [0.3, 0.4) is 0 Å². The topological polar surface area (TPSA) is 81.9 Å². The molecule has 0 aromatic carbocycles. The van der Waals surface area contributed by atoms with Crippen molar-refractivity contribution in [3.63, 3.8) is 0 Å². The van der Waals surface area contributed by atoms with E-state index in [1.54, 1.807) is 11.6 Å². The van der Waals surface area contributed by atoms with Gasteiger partial charge in [-0.2, -0.15) is 4.98 Å². The average molecular weight is 222 g/mol. The van der Waals surface area contributed by atoms with E-state index in [1.165, 1.54) is 4.57 Å². The molecule has 2 aromatic rings. The van der Waals surface area contributed by atoms with E-state index in [2.05, 4.69) is 9.97 Å². The Morgan fingerprint density at radius 1 is 1.50 bits per heavy atom. The summed E-state index contributed by atoms with van der Waals surface area (Å²) in [6, 6.07) is 0.397. The quantitative estimate of drug-likeness (QED) is 0.633. The first-order valence-corrected chi connectivity index (χ1v) is 4.94. The van der Waals surface area contributed by atoms with E-state index < -0.39 is 11.2 Å². The molecule has 7 heteroatoms. The molecule has 0 saturated carbocycles. The van der Waals surface area contributed by atoms with Gasteiger partial charge in [0.25, 0.3) is 11.6 Å². The summed E-state index contributed by atoms with van der Waals surface area (Å²) in [5.41, 5.74) is -0.144. The van der Waals surface area contributed by atoms with Gasteiger partial charge in [-0.15, -0.1) is 0 Å². The molecule has 0 spiro atoms. The summed E-state index contributed by atoms with van der Waals surface area (Å²) in [6.45, 7) is 2.48. The van der Waals surface area contributed by atoms with Gasteiger partial charge in [0.2, 0.25) is 0 Å². The third-order valence-electron chi connectivity index (χ3n) is 2.72. The van der Waals surface area contributed by atoms with Gasteiger partial charge in [-0.1, -0.05) is 0 Å². The zero-order valence-electron chi connectivity index (χ0n) is 8.85. The number of hydrogen-bond acceptors (Lipinski definition) is 4. The fraction of sp³-hybridized carbons (Fsp3) is 0.444. The van der Waals surface area contributed by atoms with E-state index in [4.69, 9.17) is 4.74 Å². The van der Waals surface area contributed by atoms with Gasteiger partial charge in [0.05, 0.1) is 6.54 Å². The lowest BCUT2D eigenvalue weighted by atomic mass is 10.4. The second kappa shape index (κ2) is 2.75. The molecule has 2 aromatic heterocycles. The van der Waals surface area contributed by atoms with Crippen LogP contribution < -0.4 is 16.0 Å². The Bertz CT molecular complexity index is 693. The number of ether oxygens (including phenoxy) is 1. The third-order valence-corrected chi connectivity index (χ3v) is 2.72. The van der Waals surface area contributed by atoms with Crippen LogP contribution in [0.5, 0.6) is 6.01 Å². The number of nitrogens with one attached hydrogen (secondary N) is 1. The van der Waals surface area contributed by atoms with E-state index in [1.807, 2.05) is 6.92 Å². The van der Waals surface area contributed by atoms with Gasteiger partial charge in [-0.05, 0) is 6.92 Å². The van der Waals surface area contributed by atoms with Crippen LogP contribution in [0.4, 0.5) is 0 Å². The Balaban J connectivity index is 2.49. The highest BCUT2D eigenvalue weighted by atomic mass is 16.5. The molecule has 1 N–H and O–H groups in total. The minimum atomic E-state index is -0.470. The van der Waals surface area contributed by atoms with Crippen molar-refractivity contribution in [1.82, 2.24) is 19.1 Å². The summed E-state index contributed by atoms with van der Waals surface area (Å²) in [7, 11) is 1.56. The van der Waals surface area contributed by atoms with E-state index in [0.717, 1.165) is 0 Å². The maximum absolute atomic E-state index is 11.7. The minimum absolute atomic E-state index is 0.00327. The molecule has 0 unspecified atom stereocenters. The second-order valence-corrected chi connectivity index (χ2v) is 3.92. The predicted octanol–water partition coefficient (Wildman–Crippen LogP) is -0.796. The van der Waals surface area contributed by atoms with Crippen molar-refractivity contribution < 1.29 is 4.74 Å². The Labute approximate surface area is 89.3 Å². The van der Waals surface area contributed by atoms with E-state index in [-0.39, 0.29) is 6.10 Å². The standard InChI is InChI=1S/C9H10N4O3/c1-4-3-13-5-6(10-9(13)16-4)12(2)8(15)11-7(5)14/h4H,3H2,1-2H3,(H,11,14,15)/t4-/m1/s1. The van der Waals surface area contributed by atoms with Gasteiger partial charge in [-0.25, -0.2) is 4.79 Å². The maximum Gasteiger partial charge on any atom is 0.329 e. The molecule has 3 rings (SSSR count). The molecule has 1 aliphatic heterocycles. The van der Waals surface area contributed by atoms with E-state index in [0.29, 0.717) is 23.7 Å². The molecule has 1 aliphatic rings. The zero-order valence-corrected chi connectivity index (χ0v) is 8.85. The van der Waals surface area contributed by atoms with Crippen LogP contribution in [0.25, 0.3) is 11.2 Å². The van der Waals surface area contributed by atoms with Crippen molar-refractivity contribution in [2.24, 2.45) is 7.05 Å². The molecule has 1 atom stereocenters. The average Bonchev–Trinajstić information content (AvgIpc) is 2.69. The molecular formula is C9H10N4O3. The summed E-state index contributed by atoms with van der Waals surface area (Å²) in [5, 5.41) is 0. The first-order valence-electron chi connectivity index (χ1n) is 4.94. The Kier molecular flexibility index (Phi) is 1.58. The van der Waals surface area contributed by atoms with Crippen molar-refractivity contribution in [3.05, 3.63) is 20.8 Å². The van der Waals surface area contributed by atoms with Gasteiger partial charge in [0, 0.05) is 7.05 Å². The van der Waals surface area contributed by atoms with E-state index in [9.17, 15) is 9.59 Å². The highest BCUT2D eigenvalue weighted by Gasteiger charge is 2.26. The number of hydrogen-bond donors (Lipinski definition) is 1. The fourth-order valence-corrected chi connectivity index (χ4v) is 1.95. The predicted molar refractivity (Wildman–Crippen MR) is 55.7 cm³/mol. The smallest absolute Gasteiger partial charge is 0.329 e. The van der Waals surface area contributed by atoms with Crippen LogP contribution in [0.1, 0.15) is 6.92 Å². The summed E-state index contributed by atoms with van der Waals surface area (Å²) < 4.78 is 8.42. The number of aryl methyl sites for hydroxylation is 1. The molecule has 3 heterocycles. The summed E-state index contributed by atoms with van der Waals surface area (Å²) in [4.78, 5) is 29.5. The lowest BCUT2D eigenvalue weighted by Gasteiger charge is -2.01. The van der Waals surface area contributed by atoms with Crippen LogP contribution in [0.15, 0.2) is 9.59 Å². The molecule has 0 radical (unpaired) electrons. The lowest BCUT2D eigenvalue weighted by molar-refractivity contribution is 0.246. The number of fused-ring (bicyclic) bond motifs is 3. The van der Waals surface area contributed by atoms with Crippen LogP contribution in [-0.2, 0) is 13.6 Å². The third kappa shape index (κ3) is 0.995. The minimum Gasteiger partial charge on any atom is -0.460 e. The number of nitrogens with zero attached hydrogens (tertiary/aromatic N) is 3. The van der Waals surface area contributed by atoms with Crippen LogP contribution in [0, 0.1) is 0 Å². The number of imidazole rings is 1. The van der Waals surface area contributed by atoms with Crippen LogP contribution in [-0.4, -0.2) is 25.2 Å². The lowest BCUT2D eigenvalue weighted by Crippen LogP contribution is -2.29. The fourth-order valence-electron chi connectivity index (χ4n) is 1.95. The first-order chi connectivity index (χ1) is 7.58. The SMILES string of the molecule is C[C@@H]1Cn2c(nc3c2c(=O)[nH]c(=O)n3C)O1. The number of aromatic nitrogens is 4. The molecule has 0 fully saturated rings. The summed E-state index contributed by atoms with van der Waals surface area (Å²) in [5.74, 6) is 0. The van der Waals surface area contributed by atoms with Crippen molar-refractivity contribution in [3.8, 4) is 6.01 Å². The largest absolute Gasteiger partial charge is 0.460 e. The molecule has 0 amide bonds. The molecule has 0 bridgehead atoms. The van der Waals surface area contributed by atoms with Gasteiger partial charge in [-0.3, -0.25) is 18.9 Å². The Morgan fingerprint density at radius 2 is 2.25 bits per heavy atom. The van der Waals surface area contributed by atoms with Crippen molar-refractivity contribution in [2.45, 2.75) is 19.6 Å². The Hall–Kier alpha value is -2.05. The van der Waals surface area contributed by atoms with Crippen molar-refractivity contribution in [2.75, 3.05) is 0 Å². The first kappa shape index (κ1) is 9.20. The number of H-pyrrole nitrogens is 1. The van der Waals surface area contributed by atoms with Gasteiger partial charge >= 0.3 is 5.69 Å². The molecular weight excluding hydrogens is 212 g/mol. The Morgan fingerprint density at radius 3 is 3.00 bits per heavy atom. The van der Waals surface area contributed by atoms with Crippen LogP contribution >= 0.6 is 0 Å². The van der Waals surface area contributed by atoms with Gasteiger partial charge in [0.15, 0.2) is 11.2 Å². The molecule has 0 saturated heterocycles. The van der Waals surface area contributed by atoms with Gasteiger partial charge in [0.1, 0.15) is 6.10 Å². The molecule has 16 heavy (non-hydrogen) atoms. The number of aromatic amines is 1. The molecule has 84 valence electrons. The van der Waals surface area contributed by atoms with Crippen molar-refractivity contribution >= 4 is 11.2 Å². The monoisotopic (exact) mass is 222 g/mol.